The van der Waals surface area contributed by atoms with Gasteiger partial charge < -0.3 is 0 Å². The monoisotopic (exact) mass is 1560 g/mol. The molecular formula is C102H96O9S3. The molecular weight excluding hydrogens is 1470 g/mol. The molecule has 0 spiro atoms. The Hall–Kier alpha value is -11.6. The van der Waals surface area contributed by atoms with Gasteiger partial charge in [-0.15, -0.1) is 0 Å². The SMILES string of the molecule is CC(C)(C)c1ccc(C#Cc2c(C#Cc3ccc(C(C)(C)C)cc3CS(=O)(=O)c3ccccc3)c(C#Cc3ccc(C(C)(C)C)cc3C=O)c(C#Cc3ccc(C(C)(C)C)cc3CS(=O)(=O)c3ccccc3)c(C#Cc3ccc(C(C)(C)C)cc3C=O)c2C#Cc2ccc(C(C)(C)C)cc2CS(=O)(=O)c2ccccc2)c(C=O)c1. The van der Waals surface area contributed by atoms with E-state index in [2.05, 4.69) is 71.0 Å². The predicted molar refractivity (Wildman–Crippen MR) is 461 cm³/mol. The fourth-order valence-corrected chi connectivity index (χ4v) is 16.8. The lowest BCUT2D eigenvalue weighted by Crippen LogP contribution is -2.13. The van der Waals surface area contributed by atoms with Crippen molar-refractivity contribution in [2.45, 2.75) is 189 Å². The maximum atomic E-state index is 14.8. The van der Waals surface area contributed by atoms with Crippen molar-refractivity contribution in [2.24, 2.45) is 0 Å². The lowest BCUT2D eigenvalue weighted by molar-refractivity contribution is 0.111. The largest absolute Gasteiger partial charge is 0.298 e. The van der Waals surface area contributed by atoms with Crippen molar-refractivity contribution in [2.75, 3.05) is 0 Å². The van der Waals surface area contributed by atoms with Gasteiger partial charge in [-0.1, -0.05) is 305 Å². The van der Waals surface area contributed by atoms with Crippen LogP contribution in [0.2, 0.25) is 0 Å². The van der Waals surface area contributed by atoms with Gasteiger partial charge in [0.15, 0.2) is 48.4 Å². The van der Waals surface area contributed by atoms with E-state index in [1.165, 1.54) is 0 Å². The molecule has 0 aliphatic carbocycles. The first-order chi connectivity index (χ1) is 53.4. The van der Waals surface area contributed by atoms with Crippen LogP contribution in [0.4, 0.5) is 0 Å². The van der Waals surface area contributed by atoms with E-state index in [1.54, 1.807) is 146 Å². The normalized spacial score (nSPS) is 11.9. The second-order valence-corrected chi connectivity index (χ2v) is 40.8. The Morgan fingerprint density at radius 2 is 0.404 bits per heavy atom. The van der Waals surface area contributed by atoms with E-state index in [4.69, 9.17) is 0 Å². The van der Waals surface area contributed by atoms with Gasteiger partial charge in [-0.25, -0.2) is 25.3 Å². The summed E-state index contributed by atoms with van der Waals surface area (Å²) in [6.45, 7) is 36.6. The molecule has 9 nitrogen and oxygen atoms in total. The van der Waals surface area contributed by atoms with E-state index in [1.807, 2.05) is 179 Å². The molecule has 0 amide bonds. The van der Waals surface area contributed by atoms with E-state index in [-0.39, 0.29) is 81.0 Å². The minimum atomic E-state index is -4.05. The van der Waals surface area contributed by atoms with Gasteiger partial charge >= 0.3 is 0 Å². The lowest BCUT2D eigenvalue weighted by atomic mass is 9.84. The van der Waals surface area contributed by atoms with Gasteiger partial charge in [0.25, 0.3) is 0 Å². The summed E-state index contributed by atoms with van der Waals surface area (Å²) in [6.07, 6.45) is 2.22. The topological polar surface area (TPSA) is 154 Å². The maximum Gasteiger partial charge on any atom is 0.182 e. The maximum absolute atomic E-state index is 14.8. The highest BCUT2D eigenvalue weighted by Crippen LogP contribution is 2.36. The van der Waals surface area contributed by atoms with Crippen molar-refractivity contribution in [1.29, 1.82) is 0 Å². The summed E-state index contributed by atoms with van der Waals surface area (Å²) in [5, 5.41) is 0. The lowest BCUT2D eigenvalue weighted by Gasteiger charge is -2.21. The molecule has 0 N–H and O–H groups in total. The van der Waals surface area contributed by atoms with Gasteiger partial charge in [-0.2, -0.15) is 0 Å². The molecule has 10 aromatic rings. The van der Waals surface area contributed by atoms with Crippen LogP contribution in [-0.4, -0.2) is 44.1 Å². The number of benzene rings is 10. The van der Waals surface area contributed by atoms with E-state index in [9.17, 15) is 39.6 Å². The first kappa shape index (κ1) is 84.9. The second-order valence-electron chi connectivity index (χ2n) is 34.8. The average molecular weight is 1560 g/mol. The zero-order chi connectivity index (χ0) is 83.2. The zero-order valence-corrected chi connectivity index (χ0v) is 70.8. The Kier molecular flexibility index (Phi) is 25.0. The number of sulfone groups is 3. The number of hydrogen-bond donors (Lipinski definition) is 0. The predicted octanol–water partition coefficient (Wildman–Crippen LogP) is 20.2. The van der Waals surface area contributed by atoms with Gasteiger partial charge in [-0.3, -0.25) is 14.4 Å². The van der Waals surface area contributed by atoms with Gasteiger partial charge in [0, 0.05) is 50.1 Å². The number of aldehydes is 3. The number of carbonyl (C=O) groups is 3. The van der Waals surface area contributed by atoms with Crippen molar-refractivity contribution in [3.63, 3.8) is 0 Å². The highest BCUT2D eigenvalue weighted by atomic mass is 32.2. The van der Waals surface area contributed by atoms with Gasteiger partial charge in [-0.05, 0) is 174 Å². The molecule has 0 aromatic heterocycles. The molecule has 0 radical (unpaired) electrons. The number of rotatable bonds is 12. The fraction of sp³-hybridized carbons (Fsp3) is 0.265. The van der Waals surface area contributed by atoms with Crippen molar-refractivity contribution in [1.82, 2.24) is 0 Å². The molecule has 0 saturated heterocycles. The molecule has 0 aliphatic rings. The molecule has 0 aliphatic heterocycles. The van der Waals surface area contributed by atoms with Crippen LogP contribution in [0.5, 0.6) is 0 Å². The minimum absolute atomic E-state index is 0.0804. The Morgan fingerprint density at radius 1 is 0.228 bits per heavy atom. The van der Waals surface area contributed by atoms with Crippen LogP contribution in [0.3, 0.4) is 0 Å². The average Bonchev–Trinajstić information content (AvgIpc) is 0.772. The Labute approximate surface area is 677 Å². The minimum Gasteiger partial charge on any atom is -0.298 e. The van der Waals surface area contributed by atoms with E-state index in [0.717, 1.165) is 52.2 Å². The molecule has 576 valence electrons. The van der Waals surface area contributed by atoms with Crippen molar-refractivity contribution >= 4 is 48.4 Å². The van der Waals surface area contributed by atoms with Crippen molar-refractivity contribution in [3.05, 3.63) is 334 Å². The van der Waals surface area contributed by atoms with E-state index >= 15 is 0 Å². The zero-order valence-electron chi connectivity index (χ0n) is 68.3. The molecule has 114 heavy (non-hydrogen) atoms. The summed E-state index contributed by atoms with van der Waals surface area (Å²) in [5.41, 5.74) is 6.88. The van der Waals surface area contributed by atoms with Gasteiger partial charge in [0.05, 0.1) is 65.3 Å². The highest BCUT2D eigenvalue weighted by Gasteiger charge is 2.28. The van der Waals surface area contributed by atoms with Crippen LogP contribution in [0, 0.1) is 71.0 Å². The number of hydrogen-bond acceptors (Lipinski definition) is 9. The van der Waals surface area contributed by atoms with Crippen molar-refractivity contribution in [3.8, 4) is 71.0 Å². The summed E-state index contributed by atoms with van der Waals surface area (Å²) in [5.74, 6) is 40.0. The molecule has 0 fully saturated rings. The Balaban J connectivity index is 1.50. The van der Waals surface area contributed by atoms with Crippen LogP contribution in [0.15, 0.2) is 215 Å². The first-order valence-electron chi connectivity index (χ1n) is 37.8. The molecule has 0 atom stereocenters. The van der Waals surface area contributed by atoms with E-state index < -0.39 is 63.0 Å². The quantitative estimate of drug-likeness (QED) is 0.0859. The van der Waals surface area contributed by atoms with Crippen LogP contribution in [0.25, 0.3) is 0 Å². The van der Waals surface area contributed by atoms with E-state index in [0.29, 0.717) is 50.1 Å². The Morgan fingerprint density at radius 3 is 0.588 bits per heavy atom. The third-order valence-electron chi connectivity index (χ3n) is 19.8. The summed E-state index contributed by atoms with van der Waals surface area (Å²) in [7, 11) is -12.1. The Bertz CT molecular complexity index is 5610. The van der Waals surface area contributed by atoms with Crippen LogP contribution >= 0.6 is 0 Å². The summed E-state index contributed by atoms with van der Waals surface area (Å²) in [4.78, 5) is 40.9. The summed E-state index contributed by atoms with van der Waals surface area (Å²) < 4.78 is 88.7. The molecule has 0 heterocycles. The molecule has 12 heteroatoms. The summed E-state index contributed by atoms with van der Waals surface area (Å²) in [6, 6.07) is 57.6. The van der Waals surface area contributed by atoms with Gasteiger partial charge in [0.2, 0.25) is 0 Å². The third kappa shape index (κ3) is 20.6. The van der Waals surface area contributed by atoms with Crippen LogP contribution in [0.1, 0.15) is 273 Å². The smallest absolute Gasteiger partial charge is 0.182 e. The van der Waals surface area contributed by atoms with Gasteiger partial charge in [0.1, 0.15) is 0 Å². The fourth-order valence-electron chi connectivity index (χ4n) is 12.7. The molecule has 0 saturated carbocycles. The first-order valence-corrected chi connectivity index (χ1v) is 42.7. The molecule has 0 unspecified atom stereocenters. The van der Waals surface area contributed by atoms with Crippen molar-refractivity contribution < 1.29 is 39.6 Å². The van der Waals surface area contributed by atoms with Crippen LogP contribution in [-0.2, 0) is 79.3 Å². The molecule has 10 aromatic carbocycles. The standard InChI is InChI=1S/C102H96O9S3/c1-97(2,3)82-46-34-70(76(58-82)64-103)40-52-91-94(55-43-73-37-49-85(100(10,11)12)61-79(73)67-112(106,107)88-28-22-19-23-29-88)92(53-41-71-35-47-83(98(4,5)6)59-77(71)65-104)96(57-45-75-39-51-87(102(16,17)18)63-81(75)69-114(110,111)90-32-26-21-27-33-90)93(54-42-72-36-48-84(99(7,8)9)60-78(72)66-105)95(91)56-44-74-38-50-86(101(13,14)15)62-80(74)68-113(108,109)89-30-24-20-25-31-89/h19-39,46-51,58-66H,67-69H2,1-18H3. The third-order valence-corrected chi connectivity index (χ3v) is 24.9. The summed E-state index contributed by atoms with van der Waals surface area (Å²) >= 11 is 0. The van der Waals surface area contributed by atoms with Crippen LogP contribution < -0.4 is 0 Å². The molecule has 10 rings (SSSR count). The molecule has 0 bridgehead atoms. The second kappa shape index (κ2) is 33.6. The number of carbonyl (C=O) groups excluding carboxylic acids is 3. The highest BCUT2D eigenvalue weighted by molar-refractivity contribution is 7.91.